The van der Waals surface area contributed by atoms with Gasteiger partial charge in [0.1, 0.15) is 0 Å². The zero-order chi connectivity index (χ0) is 83.8. The Balaban J connectivity index is 0.000000615. The summed E-state index contributed by atoms with van der Waals surface area (Å²) in [5.74, 6) is 0. The average molecular weight is 1530 g/mol. The summed E-state index contributed by atoms with van der Waals surface area (Å²) in [5.41, 5.74) is 1.62. The van der Waals surface area contributed by atoms with Crippen LogP contribution in [0.2, 0.25) is 0 Å². The monoisotopic (exact) mass is 1530 g/mol. The van der Waals surface area contributed by atoms with E-state index in [0.717, 1.165) is 78.6 Å². The fourth-order valence-corrected chi connectivity index (χ4v) is 8.42. The first-order chi connectivity index (χ1) is 50.3. The summed E-state index contributed by atoms with van der Waals surface area (Å²) in [6, 6.07) is 55.4. The molecule has 0 atom stereocenters. The van der Waals surface area contributed by atoms with Crippen LogP contribution in [0.5, 0.6) is 0 Å². The number of rotatable bonds is 0. The number of nitriles is 9. The number of halogens is 21. The van der Waals surface area contributed by atoms with Crippen molar-refractivity contribution in [1.82, 2.24) is 0 Å². The van der Waals surface area contributed by atoms with Gasteiger partial charge in [-0.1, -0.05) is 83.9 Å². The summed E-state index contributed by atoms with van der Waals surface area (Å²) in [6.45, 7) is 13.9. The Kier molecular flexibility index (Phi) is 35.8. The van der Waals surface area contributed by atoms with Crippen LogP contribution in [0, 0.1) is 164 Å². The Bertz CT molecular complexity index is 4810. The Morgan fingerprint density at radius 3 is 0.908 bits per heavy atom. The van der Waals surface area contributed by atoms with Gasteiger partial charge in [0, 0.05) is 0 Å². The maximum Gasteiger partial charge on any atom is 0.416 e. The second-order valence-electron chi connectivity index (χ2n) is 22.3. The second kappa shape index (κ2) is 41.6. The van der Waals surface area contributed by atoms with Crippen molar-refractivity contribution in [3.05, 3.63) is 315 Å². The van der Waals surface area contributed by atoms with Gasteiger partial charge in [-0.3, -0.25) is 0 Å². The highest BCUT2D eigenvalue weighted by Crippen LogP contribution is 2.40. The molecular weight excluding hydrogens is 1470 g/mol. The van der Waals surface area contributed by atoms with E-state index < -0.39 is 87.7 Å². The van der Waals surface area contributed by atoms with Gasteiger partial charge in [-0.25, -0.2) is 0 Å². The van der Waals surface area contributed by atoms with Crippen molar-refractivity contribution in [2.24, 2.45) is 0 Å². The largest absolute Gasteiger partial charge is 0.416 e. The van der Waals surface area contributed by atoms with Gasteiger partial charge in [-0.2, -0.15) is 140 Å². The van der Waals surface area contributed by atoms with Crippen LogP contribution in [-0.2, 0) is 43.2 Å². The molecule has 0 aliphatic heterocycles. The van der Waals surface area contributed by atoms with E-state index in [1.165, 1.54) is 49.4 Å². The van der Waals surface area contributed by atoms with Crippen LogP contribution in [0.3, 0.4) is 0 Å². The third-order valence-corrected chi connectivity index (χ3v) is 14.2. The lowest BCUT2D eigenvalue weighted by Crippen LogP contribution is -2.14. The molecule has 564 valence electrons. The molecule has 9 nitrogen and oxygen atoms in total. The van der Waals surface area contributed by atoms with Crippen LogP contribution in [0.25, 0.3) is 0 Å². The molecule has 109 heavy (non-hydrogen) atoms. The molecule has 0 saturated heterocycles. The number of aryl methyl sites for hydroxylation is 6. The van der Waals surface area contributed by atoms with E-state index in [0.29, 0.717) is 79.4 Å². The van der Waals surface area contributed by atoms with Gasteiger partial charge in [-0.05, 0) is 204 Å². The number of nitrogens with zero attached hydrogens (tertiary/aromatic N) is 9. The molecule has 0 N–H and O–H groups in total. The van der Waals surface area contributed by atoms with E-state index in [9.17, 15) is 92.2 Å². The van der Waals surface area contributed by atoms with E-state index in [1.807, 2.05) is 68.5 Å². The highest BCUT2D eigenvalue weighted by molar-refractivity contribution is 5.53. The molecule has 0 radical (unpaired) electrons. The predicted molar refractivity (Wildman–Crippen MR) is 358 cm³/mol. The molecular formula is C79H56F21N9. The van der Waals surface area contributed by atoms with Gasteiger partial charge in [0.25, 0.3) is 0 Å². The van der Waals surface area contributed by atoms with Gasteiger partial charge < -0.3 is 0 Å². The van der Waals surface area contributed by atoms with E-state index >= 15 is 0 Å². The standard InChI is InChI=1S/C10H5N3.2C9H6F6.3C9H6N2.3C8H7F3/c1-7-9(5-12)2-8(4-11)3-10(7)6-13;1-5-2-3-6(8(10,11)12)4-7(5)9(13,14)15;1-5-6(8(10,11)12)3-2-4-7(5)9(13,14)15;1-7-2-8(5-10)4-9(3-7)6-11;1-7-2-3-8(5-10)4-9(7)6-11;1-7-8(5-10)3-2-4-9(7)6-11;1-6-2-4-7(5-3-6)8(9,10)11;1-6-3-2-4-7(5-6)8(9,10)11;1-6-4-2-3-5-7(6)8(9,10)11/h2-3H,1H3;2*2-4H,1H3;3*2-4H,1H3;3*2-5H,1H3. The molecule has 30 heteroatoms. The van der Waals surface area contributed by atoms with Gasteiger partial charge in [0.15, 0.2) is 0 Å². The van der Waals surface area contributed by atoms with Crippen molar-refractivity contribution in [3.8, 4) is 54.6 Å². The molecule has 9 aromatic carbocycles. The van der Waals surface area contributed by atoms with E-state index in [4.69, 9.17) is 47.4 Å². The molecule has 9 rings (SSSR count). The molecule has 0 saturated carbocycles. The fraction of sp³-hybridized carbons (Fsp3) is 0.203. The molecule has 0 bridgehead atoms. The Morgan fingerprint density at radius 2 is 0.541 bits per heavy atom. The van der Waals surface area contributed by atoms with Crippen LogP contribution in [0.15, 0.2) is 176 Å². The first kappa shape index (κ1) is 93.9. The minimum absolute atomic E-state index is 0.120. The SMILES string of the molecule is Cc1c(C#N)cc(C#N)cc1C#N.Cc1c(C#N)cccc1C#N.Cc1c(C(F)(F)F)cccc1C(F)(F)F.Cc1cc(C#N)cc(C#N)c1.Cc1ccc(C#N)cc1C#N.Cc1ccc(C(F)(F)F)cc1.Cc1ccc(C(F)(F)F)cc1C(F)(F)F.Cc1cccc(C(F)(F)F)c1.Cc1ccccc1C(F)(F)F. The first-order valence-electron chi connectivity index (χ1n) is 30.3. The molecule has 0 heterocycles. The molecule has 0 unspecified atom stereocenters. The fourth-order valence-electron chi connectivity index (χ4n) is 8.42. The summed E-state index contributed by atoms with van der Waals surface area (Å²) >= 11 is 0. The molecule has 0 fully saturated rings. The van der Waals surface area contributed by atoms with Gasteiger partial charge in [0.05, 0.1) is 144 Å². The lowest BCUT2D eigenvalue weighted by atomic mass is 10.0. The number of hydrogen-bond acceptors (Lipinski definition) is 9. The Morgan fingerprint density at radius 1 is 0.202 bits per heavy atom. The van der Waals surface area contributed by atoms with E-state index in [1.54, 1.807) is 94.4 Å². The smallest absolute Gasteiger partial charge is 0.192 e. The highest BCUT2D eigenvalue weighted by Gasteiger charge is 2.40. The molecule has 9 aromatic rings. The molecule has 0 aliphatic carbocycles. The quantitative estimate of drug-likeness (QED) is 0.132. The number of benzene rings is 9. The zero-order valence-corrected chi connectivity index (χ0v) is 58.2. The average Bonchev–Trinajstić information content (AvgIpc) is 0.800. The first-order valence-corrected chi connectivity index (χ1v) is 30.3. The lowest BCUT2D eigenvalue weighted by Gasteiger charge is -2.15. The second-order valence-corrected chi connectivity index (χ2v) is 22.3. The summed E-state index contributed by atoms with van der Waals surface area (Å²) in [5, 5.41) is 77.2. The van der Waals surface area contributed by atoms with Crippen molar-refractivity contribution in [3.63, 3.8) is 0 Å². The third kappa shape index (κ3) is 32.0. The van der Waals surface area contributed by atoms with Crippen LogP contribution in [0.1, 0.15) is 139 Å². The number of alkyl halides is 21. The maximum absolute atomic E-state index is 12.2. The number of hydrogen-bond donors (Lipinski definition) is 0. The zero-order valence-electron chi connectivity index (χ0n) is 58.2. The minimum atomic E-state index is -4.76. The van der Waals surface area contributed by atoms with Crippen LogP contribution >= 0.6 is 0 Å². The Hall–Kier alpha value is -13.1. The van der Waals surface area contributed by atoms with Crippen molar-refractivity contribution in [1.29, 1.82) is 47.4 Å². The van der Waals surface area contributed by atoms with Crippen LogP contribution in [-0.4, -0.2) is 0 Å². The summed E-state index contributed by atoms with van der Waals surface area (Å²) in [6.07, 6.45) is -31.7. The predicted octanol–water partition coefficient (Wildman–Crippen LogP) is 23.9. The molecule has 0 spiro atoms. The van der Waals surface area contributed by atoms with E-state index in [-0.39, 0.29) is 17.2 Å². The van der Waals surface area contributed by atoms with Crippen molar-refractivity contribution < 1.29 is 92.2 Å². The lowest BCUT2D eigenvalue weighted by molar-refractivity contribution is -0.145. The molecule has 0 aliphatic rings. The van der Waals surface area contributed by atoms with Gasteiger partial charge in [0.2, 0.25) is 0 Å². The maximum atomic E-state index is 12.2. The molecule has 0 amide bonds. The normalized spacial score (nSPS) is 10.6. The third-order valence-electron chi connectivity index (χ3n) is 14.2. The van der Waals surface area contributed by atoms with Gasteiger partial charge >= 0.3 is 43.2 Å². The van der Waals surface area contributed by atoms with Crippen molar-refractivity contribution in [2.75, 3.05) is 0 Å². The van der Waals surface area contributed by atoms with Crippen molar-refractivity contribution >= 4 is 0 Å². The highest BCUT2D eigenvalue weighted by atomic mass is 19.4. The summed E-state index contributed by atoms with van der Waals surface area (Å²) in [4.78, 5) is 0. The topological polar surface area (TPSA) is 214 Å². The molecule has 0 aromatic heterocycles. The van der Waals surface area contributed by atoms with Gasteiger partial charge in [-0.15, -0.1) is 0 Å². The van der Waals surface area contributed by atoms with Crippen LogP contribution in [0.4, 0.5) is 92.2 Å². The summed E-state index contributed by atoms with van der Waals surface area (Å²) < 4.78 is 254. The minimum Gasteiger partial charge on any atom is -0.192 e. The summed E-state index contributed by atoms with van der Waals surface area (Å²) in [7, 11) is 0. The Labute approximate surface area is 612 Å². The van der Waals surface area contributed by atoms with Crippen LogP contribution < -0.4 is 0 Å². The van der Waals surface area contributed by atoms with E-state index in [2.05, 4.69) is 0 Å². The van der Waals surface area contributed by atoms with Crippen molar-refractivity contribution in [2.45, 2.75) is 106 Å².